The van der Waals surface area contributed by atoms with Crippen LogP contribution in [-0.2, 0) is 14.0 Å². The predicted octanol–water partition coefficient (Wildman–Crippen LogP) is 4.92. The molecular formula is C28H39NO4Si. The van der Waals surface area contributed by atoms with Crippen LogP contribution in [0.1, 0.15) is 60.8 Å². The van der Waals surface area contributed by atoms with Crippen LogP contribution in [0.15, 0.2) is 60.7 Å². The van der Waals surface area contributed by atoms with Gasteiger partial charge in [-0.15, -0.1) is 0 Å². The SMILES string of the molecule is CC(C)(C)OC(=O)N1CC(=O)CCC[C@H]1CO[Si](c1ccccc1)(c1ccccc1)C(C)(C)C. The standard InChI is InChI=1S/C28H39NO4Si/c1-27(2,3)33-26(31)29-20-23(30)15-13-14-22(29)21-32-34(28(4,5)6,24-16-9-7-10-17-24)25-18-11-8-12-19-25/h7-12,16-19,22H,13-15,20-21H2,1-6H3/t22-/m0/s1. The maximum absolute atomic E-state index is 13.1. The summed E-state index contributed by atoms with van der Waals surface area (Å²) in [6, 6.07) is 20.7. The van der Waals surface area contributed by atoms with Crippen molar-refractivity contribution in [3.8, 4) is 0 Å². The van der Waals surface area contributed by atoms with Gasteiger partial charge in [-0.3, -0.25) is 9.69 Å². The second-order valence-corrected chi connectivity index (χ2v) is 15.5. The lowest BCUT2D eigenvalue weighted by atomic mass is 10.1. The first-order valence-electron chi connectivity index (χ1n) is 12.2. The van der Waals surface area contributed by atoms with Crippen molar-refractivity contribution in [3.63, 3.8) is 0 Å². The third-order valence-electron chi connectivity index (χ3n) is 6.32. The van der Waals surface area contributed by atoms with Gasteiger partial charge in [-0.2, -0.15) is 0 Å². The zero-order chi connectivity index (χ0) is 25.0. The van der Waals surface area contributed by atoms with Gasteiger partial charge in [-0.05, 0) is 49.0 Å². The molecule has 3 rings (SSSR count). The first-order valence-corrected chi connectivity index (χ1v) is 14.1. The van der Waals surface area contributed by atoms with Gasteiger partial charge in [-0.1, -0.05) is 81.4 Å². The molecular weight excluding hydrogens is 442 g/mol. The zero-order valence-corrected chi connectivity index (χ0v) is 22.5. The lowest BCUT2D eigenvalue weighted by Gasteiger charge is -2.44. The second-order valence-electron chi connectivity index (χ2n) is 11.2. The summed E-state index contributed by atoms with van der Waals surface area (Å²) in [5.41, 5.74) is -0.629. The average molecular weight is 482 g/mol. The molecule has 0 aromatic heterocycles. The molecule has 34 heavy (non-hydrogen) atoms. The topological polar surface area (TPSA) is 55.8 Å². The van der Waals surface area contributed by atoms with E-state index in [0.717, 1.165) is 6.42 Å². The van der Waals surface area contributed by atoms with Crippen molar-refractivity contribution in [1.29, 1.82) is 0 Å². The molecule has 2 aromatic rings. The predicted molar refractivity (Wildman–Crippen MR) is 139 cm³/mol. The van der Waals surface area contributed by atoms with Crippen LogP contribution >= 0.6 is 0 Å². The number of carbonyl (C=O) groups is 2. The van der Waals surface area contributed by atoms with Crippen LogP contribution in [-0.4, -0.2) is 49.9 Å². The summed E-state index contributed by atoms with van der Waals surface area (Å²) < 4.78 is 12.8. The molecule has 0 radical (unpaired) electrons. The molecule has 1 saturated heterocycles. The van der Waals surface area contributed by atoms with Gasteiger partial charge in [0.15, 0.2) is 5.78 Å². The number of amides is 1. The number of ketones is 1. The van der Waals surface area contributed by atoms with E-state index in [4.69, 9.17) is 9.16 Å². The number of likely N-dealkylation sites (tertiary alicyclic amines) is 1. The van der Waals surface area contributed by atoms with E-state index in [2.05, 4.69) is 69.3 Å². The third kappa shape index (κ3) is 5.97. The fraction of sp³-hybridized carbons (Fsp3) is 0.500. The molecule has 0 N–H and O–H groups in total. The van der Waals surface area contributed by atoms with Gasteiger partial charge in [-0.25, -0.2) is 4.79 Å². The molecule has 184 valence electrons. The minimum absolute atomic E-state index is 0.0683. The zero-order valence-electron chi connectivity index (χ0n) is 21.5. The number of carbonyl (C=O) groups excluding carboxylic acids is 2. The van der Waals surface area contributed by atoms with Gasteiger partial charge in [0.2, 0.25) is 0 Å². The van der Waals surface area contributed by atoms with Gasteiger partial charge in [0.25, 0.3) is 8.32 Å². The maximum Gasteiger partial charge on any atom is 0.411 e. The molecule has 5 nitrogen and oxygen atoms in total. The Morgan fingerprint density at radius 3 is 1.94 bits per heavy atom. The van der Waals surface area contributed by atoms with E-state index in [-0.39, 0.29) is 23.4 Å². The molecule has 1 atom stereocenters. The molecule has 0 aliphatic carbocycles. The largest absolute Gasteiger partial charge is 0.444 e. The summed E-state index contributed by atoms with van der Waals surface area (Å²) in [4.78, 5) is 27.1. The number of hydrogen-bond acceptors (Lipinski definition) is 4. The van der Waals surface area contributed by atoms with Crippen molar-refractivity contribution in [2.75, 3.05) is 13.2 Å². The smallest absolute Gasteiger partial charge is 0.411 e. The Labute approximate surface area is 205 Å². The van der Waals surface area contributed by atoms with E-state index < -0.39 is 20.0 Å². The number of hydrogen-bond donors (Lipinski definition) is 0. The van der Waals surface area contributed by atoms with E-state index in [1.54, 1.807) is 4.90 Å². The molecule has 1 fully saturated rings. The van der Waals surface area contributed by atoms with Crippen LogP contribution in [0, 0.1) is 0 Å². The monoisotopic (exact) mass is 481 g/mol. The normalized spacial score (nSPS) is 17.9. The molecule has 0 bridgehead atoms. The Balaban J connectivity index is 2.00. The molecule has 1 aliphatic rings. The number of nitrogens with zero attached hydrogens (tertiary/aromatic N) is 1. The van der Waals surface area contributed by atoms with Crippen LogP contribution in [0.3, 0.4) is 0 Å². The molecule has 6 heteroatoms. The van der Waals surface area contributed by atoms with Gasteiger partial charge < -0.3 is 9.16 Å². The number of ether oxygens (including phenoxy) is 1. The highest BCUT2D eigenvalue weighted by atomic mass is 28.4. The van der Waals surface area contributed by atoms with E-state index in [1.165, 1.54) is 10.4 Å². The highest BCUT2D eigenvalue weighted by molar-refractivity contribution is 6.99. The van der Waals surface area contributed by atoms with E-state index in [1.807, 2.05) is 32.9 Å². The second kappa shape index (κ2) is 10.4. The van der Waals surface area contributed by atoms with E-state index >= 15 is 0 Å². The Bertz CT molecular complexity index is 924. The third-order valence-corrected chi connectivity index (χ3v) is 11.3. The molecule has 0 unspecified atom stereocenters. The summed E-state index contributed by atoms with van der Waals surface area (Å²) in [5, 5.41) is 2.23. The molecule has 0 spiro atoms. The lowest BCUT2D eigenvalue weighted by molar-refractivity contribution is -0.120. The molecule has 0 saturated carbocycles. The summed E-state index contributed by atoms with van der Waals surface area (Å²) in [6.07, 6.45) is 1.49. The quantitative estimate of drug-likeness (QED) is 0.569. The fourth-order valence-corrected chi connectivity index (χ4v) is 9.38. The Morgan fingerprint density at radius 1 is 0.941 bits per heavy atom. The summed E-state index contributed by atoms with van der Waals surface area (Å²) in [6.45, 7) is 12.7. The van der Waals surface area contributed by atoms with Gasteiger partial charge in [0, 0.05) is 6.42 Å². The number of rotatable bonds is 5. The first kappa shape index (κ1) is 26.2. The molecule has 1 amide bonds. The molecule has 1 aliphatic heterocycles. The van der Waals surface area contributed by atoms with Crippen molar-refractivity contribution in [1.82, 2.24) is 4.90 Å². The molecule has 1 heterocycles. The van der Waals surface area contributed by atoms with E-state index in [9.17, 15) is 9.59 Å². The summed E-state index contributed by atoms with van der Waals surface area (Å²) >= 11 is 0. The van der Waals surface area contributed by atoms with Crippen LogP contribution in [0.2, 0.25) is 5.04 Å². The van der Waals surface area contributed by atoms with Crippen molar-refractivity contribution in [3.05, 3.63) is 60.7 Å². The Morgan fingerprint density at radius 2 is 1.47 bits per heavy atom. The minimum atomic E-state index is -2.74. The van der Waals surface area contributed by atoms with Crippen LogP contribution in [0.25, 0.3) is 0 Å². The maximum atomic E-state index is 13.1. The Hall–Kier alpha value is -2.44. The highest BCUT2D eigenvalue weighted by Gasteiger charge is 2.50. The fourth-order valence-electron chi connectivity index (χ4n) is 4.78. The van der Waals surface area contributed by atoms with Crippen LogP contribution in [0.5, 0.6) is 0 Å². The van der Waals surface area contributed by atoms with Crippen LogP contribution in [0.4, 0.5) is 4.79 Å². The van der Waals surface area contributed by atoms with Crippen LogP contribution < -0.4 is 10.4 Å². The summed E-state index contributed by atoms with van der Waals surface area (Å²) in [5.74, 6) is 0.0683. The lowest BCUT2D eigenvalue weighted by Crippen LogP contribution is -2.67. The van der Waals surface area contributed by atoms with Gasteiger partial charge in [0.1, 0.15) is 5.60 Å². The van der Waals surface area contributed by atoms with Crippen molar-refractivity contribution < 1.29 is 18.8 Å². The minimum Gasteiger partial charge on any atom is -0.444 e. The Kier molecular flexibility index (Phi) is 8.04. The van der Waals surface area contributed by atoms with Crippen molar-refractivity contribution in [2.24, 2.45) is 0 Å². The highest BCUT2D eigenvalue weighted by Crippen LogP contribution is 2.37. The summed E-state index contributed by atoms with van der Waals surface area (Å²) in [7, 11) is -2.74. The number of benzene rings is 2. The van der Waals surface area contributed by atoms with E-state index in [0.29, 0.717) is 19.4 Å². The molecule has 2 aromatic carbocycles. The van der Waals surface area contributed by atoms with Gasteiger partial charge in [0.05, 0.1) is 19.2 Å². The van der Waals surface area contributed by atoms with Crippen molar-refractivity contribution in [2.45, 2.75) is 77.5 Å². The number of Topliss-reactive ketones (excluding diaryl/α,β-unsaturated/α-hetero) is 1. The van der Waals surface area contributed by atoms with Crippen molar-refractivity contribution >= 4 is 30.6 Å². The average Bonchev–Trinajstić information content (AvgIpc) is 2.95. The first-order chi connectivity index (χ1) is 15.9. The van der Waals surface area contributed by atoms with Gasteiger partial charge >= 0.3 is 6.09 Å².